The summed E-state index contributed by atoms with van der Waals surface area (Å²) in [5, 5.41) is 33.9. The first-order chi connectivity index (χ1) is 24.7. The molecule has 0 spiro atoms. The number of rotatable bonds is 4. The van der Waals surface area contributed by atoms with Crippen LogP contribution >= 0.6 is 0 Å². The average Bonchev–Trinajstić information content (AvgIpc) is 3.69. The molecule has 0 saturated carbocycles. The van der Waals surface area contributed by atoms with E-state index in [0.717, 1.165) is 78.0 Å². The molecule has 2 aromatic heterocycles. The third-order valence-corrected chi connectivity index (χ3v) is 9.91. The van der Waals surface area contributed by atoms with Crippen LogP contribution in [0, 0.1) is 34.0 Å². The number of nitrogens with zero attached hydrogens (tertiary/aromatic N) is 5. The molecule has 0 amide bonds. The zero-order valence-electron chi connectivity index (χ0n) is 26.9. The molecule has 50 heavy (non-hydrogen) atoms. The third kappa shape index (κ3) is 4.45. The van der Waals surface area contributed by atoms with Gasteiger partial charge in [0.25, 0.3) is 0 Å². The number of hydrogen-bond donors (Lipinski definition) is 0. The van der Waals surface area contributed by atoms with Crippen LogP contribution in [0.1, 0.15) is 34.7 Å². The number of aromatic nitrogens is 2. The van der Waals surface area contributed by atoms with Gasteiger partial charge in [0, 0.05) is 38.1 Å². The maximum absolute atomic E-state index is 10.4. The lowest BCUT2D eigenvalue weighted by Gasteiger charge is -2.22. The average molecular weight is 638 g/mol. The summed E-state index contributed by atoms with van der Waals surface area (Å²) in [6.07, 6.45) is 7.53. The quantitative estimate of drug-likeness (QED) is 0.193. The van der Waals surface area contributed by atoms with E-state index < -0.39 is 0 Å². The standard InChI is InChI=1S/C45H27N5/c46-26-29-18-20-43-39(22-29)40-23-30(27-47)19-21-44(40)49(43)35-12-6-9-32(25-35)31-8-5-10-33(24-31)36-15-7-11-34(28-48)45(36)50-41-16-3-1-13-37(41)38-14-2-4-17-42(38)50/h1-11,13-25,35H,12H2. The number of fused-ring (bicyclic) bond motifs is 6. The predicted octanol–water partition coefficient (Wildman–Crippen LogP) is 10.8. The van der Waals surface area contributed by atoms with Gasteiger partial charge in [0.1, 0.15) is 6.07 Å². The molecule has 0 fully saturated rings. The molecule has 5 nitrogen and oxygen atoms in total. The molecule has 8 aromatic rings. The largest absolute Gasteiger partial charge is 0.333 e. The minimum absolute atomic E-state index is 0.0228. The molecular weight excluding hydrogens is 611 g/mol. The van der Waals surface area contributed by atoms with Crippen LogP contribution in [0.3, 0.4) is 0 Å². The molecule has 1 aliphatic rings. The van der Waals surface area contributed by atoms with Crippen LogP contribution in [0.4, 0.5) is 0 Å². The van der Waals surface area contributed by atoms with E-state index in [1.165, 1.54) is 0 Å². The molecular formula is C45H27N5. The van der Waals surface area contributed by atoms with Crippen molar-refractivity contribution in [3.63, 3.8) is 0 Å². The summed E-state index contributed by atoms with van der Waals surface area (Å²) in [7, 11) is 0. The van der Waals surface area contributed by atoms with Crippen molar-refractivity contribution in [2.24, 2.45) is 0 Å². The van der Waals surface area contributed by atoms with E-state index >= 15 is 0 Å². The summed E-state index contributed by atoms with van der Waals surface area (Å²) in [5.74, 6) is 0. The van der Waals surface area contributed by atoms with E-state index in [4.69, 9.17) is 0 Å². The van der Waals surface area contributed by atoms with Gasteiger partial charge in [-0.05, 0) is 83.8 Å². The molecule has 2 heterocycles. The van der Waals surface area contributed by atoms with Crippen molar-refractivity contribution in [2.45, 2.75) is 12.5 Å². The minimum atomic E-state index is 0.0228. The Hall–Kier alpha value is -7.13. The fourth-order valence-electron chi connectivity index (χ4n) is 7.72. The second-order valence-corrected chi connectivity index (χ2v) is 12.6. The molecule has 0 radical (unpaired) electrons. The van der Waals surface area contributed by atoms with E-state index in [1.54, 1.807) is 0 Å². The Morgan fingerprint density at radius 1 is 0.540 bits per heavy atom. The van der Waals surface area contributed by atoms with Crippen molar-refractivity contribution in [1.82, 2.24) is 9.13 Å². The summed E-state index contributed by atoms with van der Waals surface area (Å²) >= 11 is 0. The van der Waals surface area contributed by atoms with Gasteiger partial charge >= 0.3 is 0 Å². The van der Waals surface area contributed by atoms with Gasteiger partial charge in [0.2, 0.25) is 0 Å². The smallest absolute Gasteiger partial charge is 0.101 e. The van der Waals surface area contributed by atoms with E-state index in [9.17, 15) is 15.8 Å². The van der Waals surface area contributed by atoms with Gasteiger partial charge in [-0.15, -0.1) is 0 Å². The molecule has 6 aromatic carbocycles. The SMILES string of the molecule is N#Cc1ccc2c(c1)c1cc(C#N)ccc1n2C1C=C(c2cccc(-c3cccc(C#N)c3-n3c4ccccc4c4ccccc43)c2)C=CC1. The van der Waals surface area contributed by atoms with Gasteiger partial charge in [-0.1, -0.05) is 85.0 Å². The first-order valence-electron chi connectivity index (χ1n) is 16.6. The second kappa shape index (κ2) is 11.5. The van der Waals surface area contributed by atoms with Gasteiger partial charge in [0.15, 0.2) is 0 Å². The van der Waals surface area contributed by atoms with Crippen LogP contribution in [0.25, 0.3) is 66.0 Å². The first kappa shape index (κ1) is 29.0. The van der Waals surface area contributed by atoms with Crippen molar-refractivity contribution >= 4 is 49.2 Å². The van der Waals surface area contributed by atoms with Crippen LogP contribution in [-0.2, 0) is 0 Å². The van der Waals surface area contributed by atoms with E-state index in [1.807, 2.05) is 60.7 Å². The third-order valence-electron chi connectivity index (χ3n) is 9.91. The molecule has 1 aliphatic carbocycles. The zero-order chi connectivity index (χ0) is 33.8. The van der Waals surface area contributed by atoms with Gasteiger partial charge in [-0.25, -0.2) is 0 Å². The highest BCUT2D eigenvalue weighted by molar-refractivity contribution is 6.10. The summed E-state index contributed by atoms with van der Waals surface area (Å²) < 4.78 is 4.57. The second-order valence-electron chi connectivity index (χ2n) is 12.6. The zero-order valence-corrected chi connectivity index (χ0v) is 26.9. The normalized spacial score (nSPS) is 14.1. The molecule has 9 rings (SSSR count). The number of allylic oxidation sites excluding steroid dienone is 4. The van der Waals surface area contributed by atoms with Gasteiger partial charge < -0.3 is 9.13 Å². The van der Waals surface area contributed by atoms with Crippen molar-refractivity contribution < 1.29 is 0 Å². The maximum Gasteiger partial charge on any atom is 0.101 e. The molecule has 232 valence electrons. The monoisotopic (exact) mass is 637 g/mol. The number of para-hydroxylation sites is 3. The minimum Gasteiger partial charge on any atom is -0.333 e. The topological polar surface area (TPSA) is 81.2 Å². The lowest BCUT2D eigenvalue weighted by Crippen LogP contribution is -2.08. The fraction of sp³-hybridized carbons (Fsp3) is 0.0444. The molecule has 1 atom stereocenters. The number of hydrogen-bond acceptors (Lipinski definition) is 3. The predicted molar refractivity (Wildman–Crippen MR) is 201 cm³/mol. The number of nitriles is 3. The maximum atomic E-state index is 10.4. The molecule has 5 heteroatoms. The lowest BCUT2D eigenvalue weighted by molar-refractivity contribution is 0.650. The number of benzene rings is 6. The highest BCUT2D eigenvalue weighted by Crippen LogP contribution is 2.40. The molecule has 0 aliphatic heterocycles. The Morgan fingerprint density at radius 2 is 1.16 bits per heavy atom. The van der Waals surface area contributed by atoms with Crippen molar-refractivity contribution in [3.05, 3.63) is 168 Å². The van der Waals surface area contributed by atoms with Crippen molar-refractivity contribution in [3.8, 4) is 35.0 Å². The van der Waals surface area contributed by atoms with Crippen molar-refractivity contribution in [1.29, 1.82) is 15.8 Å². The van der Waals surface area contributed by atoms with E-state index in [-0.39, 0.29) is 6.04 Å². The highest BCUT2D eigenvalue weighted by Gasteiger charge is 2.22. The molecule has 0 bridgehead atoms. The Kier molecular flexibility index (Phi) is 6.70. The van der Waals surface area contributed by atoms with Crippen LogP contribution in [0.2, 0.25) is 0 Å². The van der Waals surface area contributed by atoms with E-state index in [0.29, 0.717) is 16.7 Å². The fourth-order valence-corrected chi connectivity index (χ4v) is 7.72. The van der Waals surface area contributed by atoms with Crippen LogP contribution in [0.5, 0.6) is 0 Å². The Balaban J connectivity index is 1.20. The van der Waals surface area contributed by atoms with Gasteiger partial charge in [-0.2, -0.15) is 15.8 Å². The Labute approximate surface area is 288 Å². The van der Waals surface area contributed by atoms with E-state index in [2.05, 4.69) is 112 Å². The Morgan fingerprint density at radius 3 is 1.80 bits per heavy atom. The van der Waals surface area contributed by atoms with Crippen LogP contribution in [0.15, 0.2) is 146 Å². The molecule has 0 saturated heterocycles. The summed E-state index contributed by atoms with van der Waals surface area (Å²) in [6, 6.07) is 49.9. The summed E-state index contributed by atoms with van der Waals surface area (Å²) in [4.78, 5) is 0. The summed E-state index contributed by atoms with van der Waals surface area (Å²) in [5.41, 5.74) is 11.0. The summed E-state index contributed by atoms with van der Waals surface area (Å²) in [6.45, 7) is 0. The van der Waals surface area contributed by atoms with Crippen LogP contribution < -0.4 is 0 Å². The van der Waals surface area contributed by atoms with Crippen molar-refractivity contribution in [2.75, 3.05) is 0 Å². The first-order valence-corrected chi connectivity index (χ1v) is 16.6. The molecule has 1 unspecified atom stereocenters. The molecule has 0 N–H and O–H groups in total. The lowest BCUT2D eigenvalue weighted by atomic mass is 9.92. The van der Waals surface area contributed by atoms with Gasteiger partial charge in [0.05, 0.1) is 51.6 Å². The van der Waals surface area contributed by atoms with Gasteiger partial charge in [-0.3, -0.25) is 0 Å². The highest BCUT2D eigenvalue weighted by atomic mass is 15.0. The van der Waals surface area contributed by atoms with Crippen LogP contribution in [-0.4, -0.2) is 9.13 Å². The Bertz CT molecular complexity index is 2770.